The second-order valence-corrected chi connectivity index (χ2v) is 7.95. The second kappa shape index (κ2) is 7.15. The van der Waals surface area contributed by atoms with Crippen LogP contribution in [0.15, 0.2) is 71.8 Å². The van der Waals surface area contributed by atoms with Crippen LogP contribution in [0.4, 0.5) is 5.69 Å². The Hall–Kier alpha value is -3.38. The highest BCUT2D eigenvalue weighted by Crippen LogP contribution is 2.48. The number of nitrogens with zero attached hydrogens (tertiary/aromatic N) is 3. The summed E-state index contributed by atoms with van der Waals surface area (Å²) in [6.45, 7) is 2.06. The van der Waals surface area contributed by atoms with Crippen molar-refractivity contribution < 1.29 is 9.66 Å². The van der Waals surface area contributed by atoms with Gasteiger partial charge in [-0.05, 0) is 42.8 Å². The highest BCUT2D eigenvalue weighted by molar-refractivity contribution is 6.30. The Morgan fingerprint density at radius 3 is 2.53 bits per heavy atom. The molecular formula is C23H18ClN3O3. The zero-order valence-electron chi connectivity index (χ0n) is 16.2. The number of nitro groups is 1. The summed E-state index contributed by atoms with van der Waals surface area (Å²) in [6, 6.07) is 20.3. The van der Waals surface area contributed by atoms with Crippen LogP contribution in [0.1, 0.15) is 40.9 Å². The number of hydrogen-bond donors (Lipinski definition) is 0. The predicted octanol–water partition coefficient (Wildman–Crippen LogP) is 5.80. The molecular weight excluding hydrogens is 402 g/mol. The lowest BCUT2D eigenvalue weighted by molar-refractivity contribution is -0.384. The van der Waals surface area contributed by atoms with Crippen molar-refractivity contribution in [3.05, 3.63) is 104 Å². The van der Waals surface area contributed by atoms with Crippen LogP contribution in [0.2, 0.25) is 5.02 Å². The van der Waals surface area contributed by atoms with Crippen molar-refractivity contribution in [2.75, 3.05) is 0 Å². The second-order valence-electron chi connectivity index (χ2n) is 7.51. The van der Waals surface area contributed by atoms with Gasteiger partial charge in [-0.25, -0.2) is 5.01 Å². The van der Waals surface area contributed by atoms with Crippen LogP contribution in [0.25, 0.3) is 0 Å². The molecule has 2 atom stereocenters. The summed E-state index contributed by atoms with van der Waals surface area (Å²) >= 11 is 6.26. The number of nitro benzene ring substituents is 1. The molecule has 2 aliphatic heterocycles. The molecule has 0 radical (unpaired) electrons. The van der Waals surface area contributed by atoms with E-state index in [2.05, 4.69) is 31.2 Å². The number of fused-ring (bicyclic) bond motifs is 3. The number of rotatable bonds is 3. The Bertz CT molecular complexity index is 1160. The molecule has 0 N–H and O–H groups in total. The summed E-state index contributed by atoms with van der Waals surface area (Å²) < 4.78 is 6.28. The van der Waals surface area contributed by atoms with Crippen molar-refractivity contribution in [1.29, 1.82) is 0 Å². The molecule has 0 spiro atoms. The van der Waals surface area contributed by atoms with Gasteiger partial charge in [-0.2, -0.15) is 5.10 Å². The fourth-order valence-electron chi connectivity index (χ4n) is 3.96. The van der Waals surface area contributed by atoms with Crippen LogP contribution in [0.5, 0.6) is 5.75 Å². The predicted molar refractivity (Wildman–Crippen MR) is 115 cm³/mol. The summed E-state index contributed by atoms with van der Waals surface area (Å²) in [7, 11) is 0. The van der Waals surface area contributed by atoms with E-state index < -0.39 is 11.2 Å². The highest BCUT2D eigenvalue weighted by atomic mass is 35.5. The maximum Gasteiger partial charge on any atom is 0.269 e. The van der Waals surface area contributed by atoms with E-state index >= 15 is 0 Å². The van der Waals surface area contributed by atoms with E-state index in [4.69, 9.17) is 21.4 Å². The molecule has 0 aromatic heterocycles. The topological polar surface area (TPSA) is 68.0 Å². The minimum Gasteiger partial charge on any atom is -0.464 e. The van der Waals surface area contributed by atoms with Crippen molar-refractivity contribution in [3.8, 4) is 5.75 Å². The summed E-state index contributed by atoms with van der Waals surface area (Å²) in [5.41, 5.74) is 5.08. The summed E-state index contributed by atoms with van der Waals surface area (Å²) in [5.74, 6) is 0.754. The molecule has 0 saturated heterocycles. The molecule has 0 fully saturated rings. The first-order chi connectivity index (χ1) is 14.5. The Balaban J connectivity index is 1.57. The first-order valence-electron chi connectivity index (χ1n) is 9.63. The molecule has 0 unspecified atom stereocenters. The first kappa shape index (κ1) is 18.6. The lowest BCUT2D eigenvalue weighted by Gasteiger charge is -2.38. The monoisotopic (exact) mass is 419 g/mol. The Morgan fingerprint density at radius 2 is 1.83 bits per heavy atom. The third kappa shape index (κ3) is 3.19. The molecule has 150 valence electrons. The maximum absolute atomic E-state index is 11.0. The smallest absolute Gasteiger partial charge is 0.269 e. The molecule has 30 heavy (non-hydrogen) atoms. The van der Waals surface area contributed by atoms with Gasteiger partial charge in [0.25, 0.3) is 5.69 Å². The van der Waals surface area contributed by atoms with Crippen LogP contribution in [0, 0.1) is 17.0 Å². The number of ether oxygens (including phenoxy) is 1. The van der Waals surface area contributed by atoms with Crippen LogP contribution in [0.3, 0.4) is 0 Å². The van der Waals surface area contributed by atoms with Gasteiger partial charge in [0.05, 0.1) is 16.7 Å². The third-order valence-corrected chi connectivity index (χ3v) is 5.76. The van der Waals surface area contributed by atoms with E-state index in [1.54, 1.807) is 18.2 Å². The fourth-order valence-corrected chi connectivity index (χ4v) is 4.14. The number of hydrazone groups is 1. The van der Waals surface area contributed by atoms with Gasteiger partial charge in [0.1, 0.15) is 5.75 Å². The molecule has 2 heterocycles. The number of non-ortho nitro benzene ring substituents is 1. The fraction of sp³-hybridized carbons (Fsp3) is 0.174. The van der Waals surface area contributed by atoms with Crippen molar-refractivity contribution in [2.45, 2.75) is 25.6 Å². The Labute approximate surface area is 178 Å². The minimum atomic E-state index is -0.479. The van der Waals surface area contributed by atoms with Crippen molar-refractivity contribution >= 4 is 23.0 Å². The molecule has 2 aliphatic rings. The van der Waals surface area contributed by atoms with Gasteiger partial charge in [0.2, 0.25) is 6.23 Å². The van der Waals surface area contributed by atoms with E-state index in [-0.39, 0.29) is 11.7 Å². The average molecular weight is 420 g/mol. The summed E-state index contributed by atoms with van der Waals surface area (Å²) in [5, 5.41) is 18.5. The standard InChI is InChI=1S/C23H18ClN3O3/c1-14-2-4-15(5-3-14)20-13-21-19-12-17(24)8-11-22(19)30-23(26(21)25-20)16-6-9-18(10-7-16)27(28)29/h2-12,21,23H,13H2,1H3/t21-,23-/m0/s1. The molecule has 0 bridgehead atoms. The van der Waals surface area contributed by atoms with E-state index in [1.165, 1.54) is 17.7 Å². The molecule has 0 amide bonds. The zero-order valence-corrected chi connectivity index (χ0v) is 16.9. The third-order valence-electron chi connectivity index (χ3n) is 5.53. The minimum absolute atomic E-state index is 0.0241. The van der Waals surface area contributed by atoms with Gasteiger partial charge in [-0.15, -0.1) is 0 Å². The van der Waals surface area contributed by atoms with E-state index in [0.717, 1.165) is 34.6 Å². The van der Waals surface area contributed by atoms with Crippen LogP contribution in [-0.4, -0.2) is 15.6 Å². The normalized spacial score (nSPS) is 19.5. The van der Waals surface area contributed by atoms with E-state index in [1.807, 2.05) is 17.1 Å². The maximum atomic E-state index is 11.0. The first-order valence-corrected chi connectivity index (χ1v) is 10.0. The molecule has 3 aromatic carbocycles. The molecule has 7 heteroatoms. The van der Waals surface area contributed by atoms with Crippen molar-refractivity contribution in [3.63, 3.8) is 0 Å². The molecule has 0 aliphatic carbocycles. The number of halogens is 1. The van der Waals surface area contributed by atoms with Gasteiger partial charge >= 0.3 is 0 Å². The van der Waals surface area contributed by atoms with Crippen molar-refractivity contribution in [2.24, 2.45) is 5.10 Å². The van der Waals surface area contributed by atoms with Gasteiger partial charge in [-0.3, -0.25) is 10.1 Å². The van der Waals surface area contributed by atoms with Gasteiger partial charge in [-0.1, -0.05) is 41.4 Å². The number of benzene rings is 3. The number of aryl methyl sites for hydroxylation is 1. The average Bonchev–Trinajstić information content (AvgIpc) is 3.19. The molecule has 0 saturated carbocycles. The van der Waals surface area contributed by atoms with Crippen LogP contribution in [-0.2, 0) is 0 Å². The number of hydrogen-bond acceptors (Lipinski definition) is 5. The van der Waals surface area contributed by atoms with Crippen LogP contribution >= 0.6 is 11.6 Å². The molecule has 3 aromatic rings. The summed E-state index contributed by atoms with van der Waals surface area (Å²) in [6.07, 6.45) is 0.246. The van der Waals surface area contributed by atoms with Gasteiger partial charge < -0.3 is 4.74 Å². The summed E-state index contributed by atoms with van der Waals surface area (Å²) in [4.78, 5) is 10.6. The zero-order chi connectivity index (χ0) is 20.8. The van der Waals surface area contributed by atoms with Gasteiger partial charge in [0, 0.05) is 34.7 Å². The quantitative estimate of drug-likeness (QED) is 0.397. The van der Waals surface area contributed by atoms with E-state index in [0.29, 0.717) is 5.02 Å². The largest absolute Gasteiger partial charge is 0.464 e. The van der Waals surface area contributed by atoms with Gasteiger partial charge in [0.15, 0.2) is 0 Å². The van der Waals surface area contributed by atoms with E-state index in [9.17, 15) is 10.1 Å². The Morgan fingerprint density at radius 1 is 1.10 bits per heavy atom. The lowest BCUT2D eigenvalue weighted by Crippen LogP contribution is -2.33. The molecule has 6 nitrogen and oxygen atoms in total. The van der Waals surface area contributed by atoms with Crippen LogP contribution < -0.4 is 4.74 Å². The van der Waals surface area contributed by atoms with Crippen molar-refractivity contribution in [1.82, 2.24) is 5.01 Å². The highest BCUT2D eigenvalue weighted by Gasteiger charge is 2.41. The Kier molecular flexibility index (Phi) is 4.44. The SMILES string of the molecule is Cc1ccc(C2=NN3[C@@H](C2)c2cc(Cl)ccc2O[C@H]3c2ccc([N+](=O)[O-])cc2)cc1. The molecule has 5 rings (SSSR count). The lowest BCUT2D eigenvalue weighted by atomic mass is 9.95.